The summed E-state index contributed by atoms with van der Waals surface area (Å²) in [5, 5.41) is 9.20. The van der Waals surface area contributed by atoms with E-state index in [0.29, 0.717) is 35.9 Å². The van der Waals surface area contributed by atoms with Gasteiger partial charge in [0.15, 0.2) is 0 Å². The summed E-state index contributed by atoms with van der Waals surface area (Å²) < 4.78 is 2.63. The molecule has 116 valence electrons. The number of nitrogens with one attached hydrogen (secondary N) is 2. The second-order valence-electron chi connectivity index (χ2n) is 4.93. The van der Waals surface area contributed by atoms with E-state index in [2.05, 4.69) is 4.98 Å². The largest absolute Gasteiger partial charge is 0.347 e. The van der Waals surface area contributed by atoms with Crippen LogP contribution in [0.25, 0.3) is 0 Å². The molecule has 0 fully saturated rings. The first-order chi connectivity index (χ1) is 10.5. The lowest BCUT2D eigenvalue weighted by Gasteiger charge is -2.28. The molecule has 9 heteroatoms. The first kappa shape index (κ1) is 15.4. The summed E-state index contributed by atoms with van der Waals surface area (Å²) >= 11 is 8.00. The highest BCUT2D eigenvalue weighted by Gasteiger charge is 2.24. The molecule has 3 N–H and O–H groups in total. The van der Waals surface area contributed by atoms with Gasteiger partial charge >= 0.3 is 0 Å². The second kappa shape index (κ2) is 5.94. The maximum absolute atomic E-state index is 12.5. The van der Waals surface area contributed by atoms with Crippen LogP contribution in [0.1, 0.15) is 26.5 Å². The number of halogens is 2. The second-order valence-corrected chi connectivity index (χ2v) is 6.41. The number of fused-ring (bicyclic) bond motifs is 1. The van der Waals surface area contributed by atoms with Gasteiger partial charge in [0.25, 0.3) is 11.8 Å². The van der Waals surface area contributed by atoms with E-state index >= 15 is 0 Å². The van der Waals surface area contributed by atoms with Gasteiger partial charge in [-0.25, -0.2) is 5.48 Å². The van der Waals surface area contributed by atoms with Gasteiger partial charge in [0.1, 0.15) is 5.69 Å². The van der Waals surface area contributed by atoms with Crippen LogP contribution in [0.2, 0.25) is 5.02 Å². The van der Waals surface area contributed by atoms with Crippen LogP contribution in [-0.2, 0) is 13.1 Å². The average Bonchev–Trinajstić information content (AvgIpc) is 3.08. The standard InChI is InChI=1S/C13H12ClIN4O3/c14-9-4-10(16-11(9)15)13(21)19-2-1-18-5-7(12(20)17-22)3-8(18)6-19/h3-5,16,22H,1-2,6H2,(H,17,20). The van der Waals surface area contributed by atoms with Crippen molar-refractivity contribution in [2.45, 2.75) is 13.1 Å². The summed E-state index contributed by atoms with van der Waals surface area (Å²) in [5.74, 6) is -0.698. The number of nitrogens with zero attached hydrogens (tertiary/aromatic N) is 2. The predicted molar refractivity (Wildman–Crippen MR) is 86.9 cm³/mol. The predicted octanol–water partition coefficient (Wildman–Crippen LogP) is 1.85. The Balaban J connectivity index is 1.80. The molecule has 3 heterocycles. The Morgan fingerprint density at radius 1 is 1.36 bits per heavy atom. The van der Waals surface area contributed by atoms with Crippen molar-refractivity contribution in [3.05, 3.63) is 44.0 Å². The molecule has 0 spiro atoms. The Morgan fingerprint density at radius 2 is 2.14 bits per heavy atom. The molecule has 0 aliphatic carbocycles. The fourth-order valence-electron chi connectivity index (χ4n) is 2.45. The molecular weight excluding hydrogens is 423 g/mol. The fourth-order valence-corrected chi connectivity index (χ4v) is 3.05. The molecule has 3 rings (SSSR count). The highest BCUT2D eigenvalue weighted by atomic mass is 127. The third-order valence-corrected chi connectivity index (χ3v) is 5.02. The van der Waals surface area contributed by atoms with E-state index in [1.807, 2.05) is 27.2 Å². The van der Waals surface area contributed by atoms with Crippen LogP contribution < -0.4 is 5.48 Å². The average molecular weight is 435 g/mol. The Labute approximate surface area is 144 Å². The van der Waals surface area contributed by atoms with Crippen LogP contribution in [-0.4, -0.2) is 38.0 Å². The molecule has 2 aromatic heterocycles. The molecule has 0 bridgehead atoms. The topological polar surface area (TPSA) is 90.4 Å². The highest BCUT2D eigenvalue weighted by molar-refractivity contribution is 14.1. The number of aromatic amines is 1. The smallest absolute Gasteiger partial charge is 0.276 e. The third-order valence-electron chi connectivity index (χ3n) is 3.56. The van der Waals surface area contributed by atoms with E-state index in [1.54, 1.807) is 28.7 Å². The zero-order valence-corrected chi connectivity index (χ0v) is 14.2. The van der Waals surface area contributed by atoms with Gasteiger partial charge in [-0.1, -0.05) is 11.6 Å². The number of carbonyl (C=O) groups excluding carboxylic acids is 2. The van der Waals surface area contributed by atoms with E-state index < -0.39 is 5.91 Å². The minimum absolute atomic E-state index is 0.134. The molecule has 7 nitrogen and oxygen atoms in total. The summed E-state index contributed by atoms with van der Waals surface area (Å²) in [6.45, 7) is 1.52. The normalized spacial score (nSPS) is 13.9. The lowest BCUT2D eigenvalue weighted by Crippen LogP contribution is -2.38. The maximum Gasteiger partial charge on any atom is 0.276 e. The number of hydroxylamine groups is 1. The quantitative estimate of drug-likeness (QED) is 0.383. The summed E-state index contributed by atoms with van der Waals surface area (Å²) in [4.78, 5) is 28.6. The number of H-pyrrole nitrogens is 1. The Morgan fingerprint density at radius 3 is 2.77 bits per heavy atom. The van der Waals surface area contributed by atoms with E-state index in [0.717, 1.165) is 9.39 Å². The fraction of sp³-hybridized carbons (Fsp3) is 0.231. The molecule has 0 radical (unpaired) electrons. The van der Waals surface area contributed by atoms with Gasteiger partial charge in [-0.2, -0.15) is 0 Å². The number of aromatic nitrogens is 2. The molecule has 0 unspecified atom stereocenters. The SMILES string of the molecule is O=C(NO)c1cc2n(c1)CCN(C(=O)c1cc(Cl)c(I)[nH]1)C2. The first-order valence-corrected chi connectivity index (χ1v) is 7.92. The molecule has 1 aliphatic rings. The van der Waals surface area contributed by atoms with Crippen LogP contribution in [0.5, 0.6) is 0 Å². The van der Waals surface area contributed by atoms with Crippen molar-refractivity contribution in [1.29, 1.82) is 0 Å². The lowest BCUT2D eigenvalue weighted by molar-refractivity contribution is 0.0699. The summed E-state index contributed by atoms with van der Waals surface area (Å²) in [7, 11) is 0. The molecular formula is C13H12ClIN4O3. The Hall–Kier alpha value is -1.52. The number of carbonyl (C=O) groups is 2. The number of hydrogen-bond acceptors (Lipinski definition) is 3. The van der Waals surface area contributed by atoms with E-state index in [4.69, 9.17) is 16.8 Å². The molecule has 0 aromatic carbocycles. The number of hydrogen-bond donors (Lipinski definition) is 3. The van der Waals surface area contributed by atoms with Crippen LogP contribution >= 0.6 is 34.2 Å². The van der Waals surface area contributed by atoms with Crippen LogP contribution in [0, 0.1) is 3.70 Å². The maximum atomic E-state index is 12.5. The minimum atomic E-state index is -0.564. The zero-order chi connectivity index (χ0) is 15.9. The lowest BCUT2D eigenvalue weighted by atomic mass is 10.2. The van der Waals surface area contributed by atoms with Crippen molar-refractivity contribution in [3.63, 3.8) is 0 Å². The highest BCUT2D eigenvalue weighted by Crippen LogP contribution is 2.22. The van der Waals surface area contributed by atoms with Gasteiger partial charge in [0.2, 0.25) is 0 Å². The minimum Gasteiger partial charge on any atom is -0.347 e. The van der Waals surface area contributed by atoms with Crippen molar-refractivity contribution < 1.29 is 14.8 Å². The third kappa shape index (κ3) is 2.73. The van der Waals surface area contributed by atoms with Gasteiger partial charge < -0.3 is 14.5 Å². The van der Waals surface area contributed by atoms with Crippen LogP contribution in [0.3, 0.4) is 0 Å². The summed E-state index contributed by atoms with van der Waals surface area (Å²) in [6.07, 6.45) is 1.66. The van der Waals surface area contributed by atoms with Crippen molar-refractivity contribution in [1.82, 2.24) is 19.9 Å². The van der Waals surface area contributed by atoms with Gasteiger partial charge in [-0.05, 0) is 34.7 Å². The molecule has 2 amide bonds. The Bertz CT molecular complexity index is 735. The van der Waals surface area contributed by atoms with Gasteiger partial charge in [0, 0.05) is 25.0 Å². The molecule has 0 saturated carbocycles. The molecule has 22 heavy (non-hydrogen) atoms. The summed E-state index contributed by atoms with van der Waals surface area (Å²) in [5.41, 5.74) is 3.26. The molecule has 0 saturated heterocycles. The van der Waals surface area contributed by atoms with Crippen LogP contribution in [0.15, 0.2) is 18.3 Å². The van der Waals surface area contributed by atoms with E-state index in [1.165, 1.54) is 0 Å². The zero-order valence-electron chi connectivity index (χ0n) is 11.3. The van der Waals surface area contributed by atoms with Gasteiger partial charge in [-0.15, -0.1) is 0 Å². The van der Waals surface area contributed by atoms with Gasteiger partial charge in [0.05, 0.1) is 20.8 Å². The van der Waals surface area contributed by atoms with Crippen molar-refractivity contribution in [3.8, 4) is 0 Å². The molecule has 0 atom stereocenters. The number of amides is 2. The van der Waals surface area contributed by atoms with E-state index in [9.17, 15) is 9.59 Å². The Kier molecular flexibility index (Phi) is 4.15. The first-order valence-electron chi connectivity index (χ1n) is 6.46. The van der Waals surface area contributed by atoms with Crippen molar-refractivity contribution in [2.24, 2.45) is 0 Å². The monoisotopic (exact) mass is 434 g/mol. The summed E-state index contributed by atoms with van der Waals surface area (Å²) in [6, 6.07) is 3.28. The van der Waals surface area contributed by atoms with E-state index in [-0.39, 0.29) is 5.91 Å². The molecule has 1 aliphatic heterocycles. The number of rotatable bonds is 2. The van der Waals surface area contributed by atoms with Crippen molar-refractivity contribution >= 4 is 46.0 Å². The molecule has 2 aromatic rings. The van der Waals surface area contributed by atoms with Crippen molar-refractivity contribution in [2.75, 3.05) is 6.54 Å². The van der Waals surface area contributed by atoms with Crippen LogP contribution in [0.4, 0.5) is 0 Å². The van der Waals surface area contributed by atoms with Gasteiger partial charge in [-0.3, -0.25) is 14.8 Å².